The van der Waals surface area contributed by atoms with Crippen LogP contribution in [-0.2, 0) is 7.05 Å². The molecule has 0 aliphatic rings. The summed E-state index contributed by atoms with van der Waals surface area (Å²) in [6.07, 6.45) is 7.36. The summed E-state index contributed by atoms with van der Waals surface area (Å²) in [6.45, 7) is 0. The van der Waals surface area contributed by atoms with Crippen LogP contribution in [0.2, 0.25) is 0 Å². The zero-order chi connectivity index (χ0) is 10.3. The standard InChI is InChI=1S/C10H9N5/c1-14-9(3-5-12-14)8-7-15-6-2-4-11-10(15)13-8/h2-7H,1H3. The lowest BCUT2D eigenvalue weighted by Gasteiger charge is -1.94. The molecule has 0 N–H and O–H groups in total. The summed E-state index contributed by atoms with van der Waals surface area (Å²) in [5, 5.41) is 4.11. The fourth-order valence-electron chi connectivity index (χ4n) is 1.58. The number of aryl methyl sites for hydroxylation is 1. The van der Waals surface area contributed by atoms with E-state index in [9.17, 15) is 0 Å². The van der Waals surface area contributed by atoms with Crippen molar-refractivity contribution in [3.8, 4) is 11.4 Å². The van der Waals surface area contributed by atoms with Crippen LogP contribution in [-0.4, -0.2) is 24.1 Å². The molecule has 0 fully saturated rings. The second-order valence-corrected chi connectivity index (χ2v) is 3.29. The fraction of sp³-hybridized carbons (Fsp3) is 0.100. The monoisotopic (exact) mass is 199 g/mol. The number of imidazole rings is 1. The molecule has 3 aromatic heterocycles. The van der Waals surface area contributed by atoms with Crippen LogP contribution in [0.25, 0.3) is 17.2 Å². The molecule has 5 nitrogen and oxygen atoms in total. The van der Waals surface area contributed by atoms with Crippen molar-refractivity contribution < 1.29 is 0 Å². The Morgan fingerprint density at radius 3 is 2.93 bits per heavy atom. The van der Waals surface area contributed by atoms with Crippen LogP contribution < -0.4 is 0 Å². The zero-order valence-electron chi connectivity index (χ0n) is 8.20. The largest absolute Gasteiger partial charge is 0.290 e. The lowest BCUT2D eigenvalue weighted by Crippen LogP contribution is -1.92. The molecule has 0 atom stereocenters. The predicted molar refractivity (Wildman–Crippen MR) is 55.2 cm³/mol. The fourth-order valence-corrected chi connectivity index (χ4v) is 1.58. The Morgan fingerprint density at radius 1 is 1.27 bits per heavy atom. The number of hydrogen-bond donors (Lipinski definition) is 0. The summed E-state index contributed by atoms with van der Waals surface area (Å²) in [4.78, 5) is 8.57. The van der Waals surface area contributed by atoms with E-state index < -0.39 is 0 Å². The van der Waals surface area contributed by atoms with Gasteiger partial charge in [0.15, 0.2) is 0 Å². The van der Waals surface area contributed by atoms with Gasteiger partial charge in [0, 0.05) is 31.8 Å². The maximum atomic E-state index is 4.41. The van der Waals surface area contributed by atoms with E-state index in [0.717, 1.165) is 11.4 Å². The number of nitrogens with zero attached hydrogens (tertiary/aromatic N) is 5. The van der Waals surface area contributed by atoms with Crippen LogP contribution in [0.1, 0.15) is 0 Å². The van der Waals surface area contributed by atoms with Gasteiger partial charge in [-0.15, -0.1) is 0 Å². The van der Waals surface area contributed by atoms with Gasteiger partial charge in [-0.25, -0.2) is 9.97 Å². The molecule has 0 unspecified atom stereocenters. The highest BCUT2D eigenvalue weighted by atomic mass is 15.3. The molecule has 0 aliphatic heterocycles. The first kappa shape index (κ1) is 8.16. The van der Waals surface area contributed by atoms with Crippen molar-refractivity contribution in [3.05, 3.63) is 36.9 Å². The van der Waals surface area contributed by atoms with Gasteiger partial charge in [-0.3, -0.25) is 9.08 Å². The lowest BCUT2D eigenvalue weighted by molar-refractivity contribution is 0.774. The van der Waals surface area contributed by atoms with Crippen molar-refractivity contribution in [1.29, 1.82) is 0 Å². The normalized spacial score (nSPS) is 11.0. The van der Waals surface area contributed by atoms with E-state index in [1.54, 1.807) is 17.1 Å². The highest BCUT2D eigenvalue weighted by Crippen LogP contribution is 2.16. The average Bonchev–Trinajstić information content (AvgIpc) is 2.82. The van der Waals surface area contributed by atoms with E-state index in [0.29, 0.717) is 5.78 Å². The van der Waals surface area contributed by atoms with Gasteiger partial charge in [0.1, 0.15) is 5.69 Å². The first-order valence-corrected chi connectivity index (χ1v) is 4.63. The molecule has 3 heterocycles. The second kappa shape index (κ2) is 2.91. The SMILES string of the molecule is Cn1nccc1-c1cn2cccnc2n1. The lowest BCUT2D eigenvalue weighted by atomic mass is 10.3. The molecule has 74 valence electrons. The van der Waals surface area contributed by atoms with E-state index >= 15 is 0 Å². The summed E-state index contributed by atoms with van der Waals surface area (Å²) in [5.74, 6) is 0.703. The minimum absolute atomic E-state index is 0.703. The van der Waals surface area contributed by atoms with E-state index in [2.05, 4.69) is 15.1 Å². The van der Waals surface area contributed by atoms with Crippen LogP contribution in [0.15, 0.2) is 36.9 Å². The topological polar surface area (TPSA) is 48.0 Å². The minimum Gasteiger partial charge on any atom is -0.290 e. The van der Waals surface area contributed by atoms with Gasteiger partial charge in [-0.05, 0) is 12.1 Å². The van der Waals surface area contributed by atoms with Crippen LogP contribution in [0.4, 0.5) is 0 Å². The molecule has 0 amide bonds. The highest BCUT2D eigenvalue weighted by molar-refractivity contribution is 5.56. The molecular weight excluding hydrogens is 190 g/mol. The summed E-state index contributed by atoms with van der Waals surface area (Å²) in [6, 6.07) is 3.81. The molecule has 15 heavy (non-hydrogen) atoms. The maximum absolute atomic E-state index is 4.41. The van der Waals surface area contributed by atoms with E-state index in [1.807, 2.05) is 36.0 Å². The van der Waals surface area contributed by atoms with Crippen molar-refractivity contribution in [2.75, 3.05) is 0 Å². The Labute approximate surface area is 86.0 Å². The first-order chi connectivity index (χ1) is 7.34. The number of hydrogen-bond acceptors (Lipinski definition) is 3. The summed E-state index contributed by atoms with van der Waals surface area (Å²) in [7, 11) is 1.90. The van der Waals surface area contributed by atoms with Gasteiger partial charge in [0.2, 0.25) is 5.78 Å². The Balaban J connectivity index is 2.24. The molecule has 0 saturated carbocycles. The quantitative estimate of drug-likeness (QED) is 0.590. The molecule has 0 bridgehead atoms. The molecular formula is C10H9N5. The van der Waals surface area contributed by atoms with Crippen molar-refractivity contribution in [1.82, 2.24) is 24.1 Å². The third-order valence-corrected chi connectivity index (χ3v) is 2.32. The average molecular weight is 199 g/mol. The Morgan fingerprint density at radius 2 is 2.20 bits per heavy atom. The predicted octanol–water partition coefficient (Wildman–Crippen LogP) is 1.13. The van der Waals surface area contributed by atoms with Crippen LogP contribution >= 0.6 is 0 Å². The number of fused-ring (bicyclic) bond motifs is 1. The molecule has 5 heteroatoms. The van der Waals surface area contributed by atoms with Crippen molar-refractivity contribution in [3.63, 3.8) is 0 Å². The molecule has 0 saturated heterocycles. The third kappa shape index (κ3) is 1.20. The number of rotatable bonds is 1. The van der Waals surface area contributed by atoms with Crippen LogP contribution in [0.3, 0.4) is 0 Å². The van der Waals surface area contributed by atoms with Crippen LogP contribution in [0.5, 0.6) is 0 Å². The third-order valence-electron chi connectivity index (χ3n) is 2.32. The van der Waals surface area contributed by atoms with Gasteiger partial charge in [0.05, 0.1) is 5.69 Å². The first-order valence-electron chi connectivity index (χ1n) is 4.63. The Hall–Kier alpha value is -2.17. The molecule has 3 aromatic rings. The molecule has 3 rings (SSSR count). The van der Waals surface area contributed by atoms with Gasteiger partial charge in [0.25, 0.3) is 0 Å². The van der Waals surface area contributed by atoms with Crippen molar-refractivity contribution in [2.24, 2.45) is 7.05 Å². The Bertz CT molecular complexity index is 574. The van der Waals surface area contributed by atoms with E-state index in [-0.39, 0.29) is 0 Å². The van der Waals surface area contributed by atoms with Gasteiger partial charge in [-0.2, -0.15) is 5.10 Å². The molecule has 0 aliphatic carbocycles. The van der Waals surface area contributed by atoms with E-state index in [1.165, 1.54) is 0 Å². The highest BCUT2D eigenvalue weighted by Gasteiger charge is 2.07. The smallest absolute Gasteiger partial charge is 0.234 e. The van der Waals surface area contributed by atoms with E-state index in [4.69, 9.17) is 0 Å². The van der Waals surface area contributed by atoms with Gasteiger partial charge < -0.3 is 0 Å². The molecule has 0 aromatic carbocycles. The van der Waals surface area contributed by atoms with Crippen LogP contribution in [0, 0.1) is 0 Å². The second-order valence-electron chi connectivity index (χ2n) is 3.29. The molecule has 0 radical (unpaired) electrons. The van der Waals surface area contributed by atoms with Crippen molar-refractivity contribution >= 4 is 5.78 Å². The van der Waals surface area contributed by atoms with Gasteiger partial charge in [-0.1, -0.05) is 0 Å². The maximum Gasteiger partial charge on any atom is 0.234 e. The zero-order valence-corrected chi connectivity index (χ0v) is 8.20. The van der Waals surface area contributed by atoms with Crippen molar-refractivity contribution in [2.45, 2.75) is 0 Å². The molecule has 0 spiro atoms. The van der Waals surface area contributed by atoms with Gasteiger partial charge >= 0.3 is 0 Å². The minimum atomic E-state index is 0.703. The summed E-state index contributed by atoms with van der Waals surface area (Å²) >= 11 is 0. The summed E-state index contributed by atoms with van der Waals surface area (Å²) < 4.78 is 3.68. The number of aromatic nitrogens is 5. The summed E-state index contributed by atoms with van der Waals surface area (Å²) in [5.41, 5.74) is 1.87. The Kier molecular flexibility index (Phi) is 1.58.